The first kappa shape index (κ1) is 20.1. The first-order valence-electron chi connectivity index (χ1n) is 8.52. The standard InChI is InChI=1S/C19H23ClF2N4/c1-3-5-14(22)17(11(2)21)15(23)10-12-6-4-7-13(18(12)24)16-8-9-25-19(20)26-16/h5,8-10,13H,3-4,6-7,23-24H2,1-2H3/b14-5+,15-10-,17-11-. The van der Waals surface area contributed by atoms with E-state index in [4.69, 9.17) is 23.1 Å². The van der Waals surface area contributed by atoms with Crippen molar-refractivity contribution in [2.75, 3.05) is 0 Å². The van der Waals surface area contributed by atoms with Crippen molar-refractivity contribution in [2.24, 2.45) is 11.5 Å². The van der Waals surface area contributed by atoms with Gasteiger partial charge in [0.1, 0.15) is 11.7 Å². The van der Waals surface area contributed by atoms with E-state index in [0.29, 0.717) is 18.5 Å². The Hall–Kier alpha value is -2.21. The van der Waals surface area contributed by atoms with Crippen LogP contribution in [0.15, 0.2) is 58.6 Å². The van der Waals surface area contributed by atoms with E-state index in [1.54, 1.807) is 25.3 Å². The normalized spacial score (nSPS) is 20.3. The minimum Gasteiger partial charge on any atom is -0.401 e. The van der Waals surface area contributed by atoms with Crippen molar-refractivity contribution in [1.82, 2.24) is 9.97 Å². The lowest BCUT2D eigenvalue weighted by Crippen LogP contribution is -2.19. The lowest BCUT2D eigenvalue weighted by atomic mass is 9.84. The van der Waals surface area contributed by atoms with Crippen molar-refractivity contribution in [3.63, 3.8) is 0 Å². The van der Waals surface area contributed by atoms with Crippen LogP contribution >= 0.6 is 11.6 Å². The number of aromatic nitrogens is 2. The molecule has 1 aliphatic rings. The number of halogens is 3. The molecule has 1 aromatic rings. The van der Waals surface area contributed by atoms with E-state index in [0.717, 1.165) is 24.1 Å². The van der Waals surface area contributed by atoms with Gasteiger partial charge >= 0.3 is 0 Å². The smallest absolute Gasteiger partial charge is 0.222 e. The second-order valence-corrected chi connectivity index (χ2v) is 6.48. The monoisotopic (exact) mass is 380 g/mol. The van der Waals surface area contributed by atoms with Gasteiger partial charge in [-0.15, -0.1) is 0 Å². The molecular weight excluding hydrogens is 358 g/mol. The summed E-state index contributed by atoms with van der Waals surface area (Å²) < 4.78 is 28.0. The number of rotatable bonds is 5. The van der Waals surface area contributed by atoms with E-state index in [9.17, 15) is 8.78 Å². The van der Waals surface area contributed by atoms with Crippen molar-refractivity contribution in [3.8, 4) is 0 Å². The van der Waals surface area contributed by atoms with Gasteiger partial charge in [0.05, 0.1) is 11.3 Å². The van der Waals surface area contributed by atoms with E-state index < -0.39 is 11.7 Å². The Balaban J connectivity index is 2.42. The summed E-state index contributed by atoms with van der Waals surface area (Å²) in [5, 5.41) is 0.155. The highest BCUT2D eigenvalue weighted by atomic mass is 35.5. The first-order chi connectivity index (χ1) is 12.3. The molecule has 2 rings (SSSR count). The second kappa shape index (κ2) is 8.94. The number of allylic oxidation sites excluding steroid dienone is 6. The molecule has 0 aliphatic heterocycles. The van der Waals surface area contributed by atoms with Crippen LogP contribution in [-0.2, 0) is 0 Å². The van der Waals surface area contributed by atoms with Gasteiger partial charge in [0, 0.05) is 23.5 Å². The molecule has 0 bridgehead atoms. The fourth-order valence-corrected chi connectivity index (χ4v) is 3.22. The van der Waals surface area contributed by atoms with Gasteiger partial charge in [0.25, 0.3) is 0 Å². The minimum absolute atomic E-state index is 0.0199. The molecule has 0 aromatic carbocycles. The highest BCUT2D eigenvalue weighted by Gasteiger charge is 2.24. The summed E-state index contributed by atoms with van der Waals surface area (Å²) in [5.74, 6) is -1.47. The van der Waals surface area contributed by atoms with E-state index in [2.05, 4.69) is 9.97 Å². The fraction of sp³-hybridized carbons (Fsp3) is 0.368. The van der Waals surface area contributed by atoms with Crippen molar-refractivity contribution in [2.45, 2.75) is 45.4 Å². The van der Waals surface area contributed by atoms with E-state index in [1.165, 1.54) is 13.0 Å². The van der Waals surface area contributed by atoms with Gasteiger partial charge < -0.3 is 11.5 Å². The molecule has 140 valence electrons. The van der Waals surface area contributed by atoms with E-state index in [1.807, 2.05) is 0 Å². The molecule has 1 aromatic heterocycles. The van der Waals surface area contributed by atoms with Gasteiger partial charge in [-0.25, -0.2) is 18.7 Å². The molecule has 1 heterocycles. The minimum atomic E-state index is -0.671. The van der Waals surface area contributed by atoms with Crippen LogP contribution in [0.4, 0.5) is 8.78 Å². The maximum Gasteiger partial charge on any atom is 0.222 e. The average Bonchev–Trinajstić information content (AvgIpc) is 2.56. The van der Waals surface area contributed by atoms with E-state index >= 15 is 0 Å². The van der Waals surface area contributed by atoms with Gasteiger partial charge in [-0.1, -0.05) is 6.92 Å². The van der Waals surface area contributed by atoms with Crippen molar-refractivity contribution < 1.29 is 8.78 Å². The van der Waals surface area contributed by atoms with Crippen LogP contribution in [0.1, 0.15) is 51.1 Å². The lowest BCUT2D eigenvalue weighted by Gasteiger charge is -2.25. The van der Waals surface area contributed by atoms with Gasteiger partial charge in [-0.3, -0.25) is 0 Å². The Kier molecular flexibility index (Phi) is 6.91. The summed E-state index contributed by atoms with van der Waals surface area (Å²) in [6.07, 6.45) is 7.22. The Morgan fingerprint density at radius 1 is 1.42 bits per heavy atom. The summed E-state index contributed by atoms with van der Waals surface area (Å²) in [5.41, 5.74) is 14.2. The van der Waals surface area contributed by atoms with Crippen molar-refractivity contribution in [3.05, 3.63) is 69.6 Å². The second-order valence-electron chi connectivity index (χ2n) is 6.14. The average molecular weight is 381 g/mol. The van der Waals surface area contributed by atoms with Crippen molar-refractivity contribution >= 4 is 11.6 Å². The van der Waals surface area contributed by atoms with Crippen LogP contribution in [0.5, 0.6) is 0 Å². The van der Waals surface area contributed by atoms with Gasteiger partial charge in [0.15, 0.2) is 0 Å². The van der Waals surface area contributed by atoms with Crippen LogP contribution in [0, 0.1) is 0 Å². The largest absolute Gasteiger partial charge is 0.401 e. The highest BCUT2D eigenvalue weighted by molar-refractivity contribution is 6.28. The van der Waals surface area contributed by atoms with Gasteiger partial charge in [0.2, 0.25) is 5.28 Å². The molecule has 4 nitrogen and oxygen atoms in total. The zero-order valence-electron chi connectivity index (χ0n) is 14.9. The Labute approximate surface area is 157 Å². The zero-order chi connectivity index (χ0) is 19.3. The molecule has 0 amide bonds. The number of nitrogens with zero attached hydrogens (tertiary/aromatic N) is 2. The molecule has 1 aliphatic carbocycles. The summed E-state index contributed by atoms with van der Waals surface area (Å²) in [6, 6.07) is 1.76. The lowest BCUT2D eigenvalue weighted by molar-refractivity contribution is 0.587. The quantitative estimate of drug-likeness (QED) is 0.559. The van der Waals surface area contributed by atoms with Crippen molar-refractivity contribution in [1.29, 1.82) is 0 Å². The van der Waals surface area contributed by atoms with Gasteiger partial charge in [-0.05, 0) is 68.0 Å². The Morgan fingerprint density at radius 3 is 2.77 bits per heavy atom. The van der Waals surface area contributed by atoms with Crippen LogP contribution in [-0.4, -0.2) is 9.97 Å². The topological polar surface area (TPSA) is 77.8 Å². The molecule has 0 spiro atoms. The Bertz CT molecular complexity index is 792. The Morgan fingerprint density at radius 2 is 2.15 bits per heavy atom. The first-order valence-corrected chi connectivity index (χ1v) is 8.89. The van der Waals surface area contributed by atoms with Crippen LogP contribution in [0.25, 0.3) is 0 Å². The fourth-order valence-electron chi connectivity index (χ4n) is 3.07. The predicted octanol–water partition coefficient (Wildman–Crippen LogP) is 4.96. The van der Waals surface area contributed by atoms with Crippen LogP contribution < -0.4 is 11.5 Å². The van der Waals surface area contributed by atoms with Crippen LogP contribution in [0.2, 0.25) is 5.28 Å². The highest BCUT2D eigenvalue weighted by Crippen LogP contribution is 2.35. The number of hydrogen-bond acceptors (Lipinski definition) is 4. The number of nitrogens with two attached hydrogens (primary N) is 2. The molecule has 7 heteroatoms. The SMILES string of the molecule is CC\C=C(F)/C(C(/N)=C/C1=C(N)C(c2ccnc(Cl)n2)CCC1)=C(\C)F. The van der Waals surface area contributed by atoms with E-state index in [-0.39, 0.29) is 22.5 Å². The molecular formula is C19H23ClF2N4. The molecule has 0 saturated carbocycles. The molecule has 26 heavy (non-hydrogen) atoms. The molecule has 0 fully saturated rings. The molecule has 4 N–H and O–H groups in total. The molecule has 0 radical (unpaired) electrons. The molecule has 1 unspecified atom stereocenters. The maximum absolute atomic E-state index is 14.2. The van der Waals surface area contributed by atoms with Crippen LogP contribution in [0.3, 0.4) is 0 Å². The maximum atomic E-state index is 14.2. The summed E-state index contributed by atoms with van der Waals surface area (Å²) in [7, 11) is 0. The third-order valence-corrected chi connectivity index (χ3v) is 4.46. The van der Waals surface area contributed by atoms with Gasteiger partial charge in [-0.2, -0.15) is 0 Å². The summed E-state index contributed by atoms with van der Waals surface area (Å²) in [4.78, 5) is 8.10. The summed E-state index contributed by atoms with van der Waals surface area (Å²) in [6.45, 7) is 2.95. The summed E-state index contributed by atoms with van der Waals surface area (Å²) >= 11 is 5.87. The third-order valence-electron chi connectivity index (χ3n) is 4.27. The third kappa shape index (κ3) is 4.69. The predicted molar refractivity (Wildman–Crippen MR) is 100 cm³/mol. The zero-order valence-corrected chi connectivity index (χ0v) is 15.7. The molecule has 0 saturated heterocycles. The molecule has 1 atom stereocenters. The number of hydrogen-bond donors (Lipinski definition) is 2.